The Labute approximate surface area is 61.2 Å². The van der Waals surface area contributed by atoms with Crippen LogP contribution < -0.4 is 0 Å². The third kappa shape index (κ3) is 0.706. The first-order valence-corrected chi connectivity index (χ1v) is 3.08. The molecule has 0 radical (unpaired) electrons. The van der Waals surface area contributed by atoms with Crippen LogP contribution in [0.2, 0.25) is 0 Å². The lowest BCUT2D eigenvalue weighted by Gasteiger charge is -2.02. The number of benzene rings is 1. The van der Waals surface area contributed by atoms with E-state index in [2.05, 4.69) is 10.2 Å². The van der Waals surface area contributed by atoms with Crippen LogP contribution in [-0.4, -0.2) is 15.1 Å². The number of nitro benzene ring substituents is 1. The first kappa shape index (κ1) is 5.96. The number of para-hydroxylation sites is 1. The van der Waals surface area contributed by atoms with Crippen LogP contribution in [0.15, 0.2) is 18.2 Å². The van der Waals surface area contributed by atoms with Crippen LogP contribution >= 0.6 is 0 Å². The SMILES string of the molecule is O=[N+]([O-])c1cccc2[nH][nH]c12. The van der Waals surface area contributed by atoms with Gasteiger partial charge in [-0.1, -0.05) is 6.07 Å². The minimum absolute atomic E-state index is 0.112. The molecule has 0 aliphatic heterocycles. The van der Waals surface area contributed by atoms with E-state index in [1.54, 1.807) is 12.1 Å². The maximum Gasteiger partial charge on any atom is 0.296 e. The number of hydrogen-bond donors (Lipinski definition) is 2. The van der Waals surface area contributed by atoms with E-state index in [1.165, 1.54) is 6.07 Å². The number of fused-ring (bicyclic) bond motifs is 1. The molecule has 0 saturated heterocycles. The molecule has 1 aromatic heterocycles. The molecule has 0 aliphatic rings. The van der Waals surface area contributed by atoms with Crippen molar-refractivity contribution in [2.24, 2.45) is 0 Å². The van der Waals surface area contributed by atoms with Crippen LogP contribution in [0.1, 0.15) is 0 Å². The predicted octanol–water partition coefficient (Wildman–Crippen LogP) is 1.40. The Morgan fingerprint density at radius 2 is 2.18 bits per heavy atom. The standard InChI is InChI=1S/C6H5N3O2/c10-9(11)5-3-1-2-4-6(5)8-7-4/h1-3,7-8H. The molecule has 2 N–H and O–H groups in total. The minimum Gasteiger partial charge on any atom is -0.298 e. The highest BCUT2D eigenvalue weighted by Gasteiger charge is 2.12. The van der Waals surface area contributed by atoms with Crippen LogP contribution in [0, 0.1) is 10.1 Å². The number of nitrogens with one attached hydrogen (secondary N) is 2. The number of hydrogen-bond acceptors (Lipinski definition) is 2. The van der Waals surface area contributed by atoms with Crippen LogP contribution in [0.25, 0.3) is 11.0 Å². The molecule has 0 amide bonds. The molecule has 0 bridgehead atoms. The number of non-ortho nitro benzene ring substituents is 1. The average Bonchev–Trinajstić information content (AvgIpc) is 1.90. The van der Waals surface area contributed by atoms with Crippen molar-refractivity contribution >= 4 is 16.7 Å². The van der Waals surface area contributed by atoms with E-state index in [4.69, 9.17) is 0 Å². The summed E-state index contributed by atoms with van der Waals surface area (Å²) in [6, 6.07) is 4.89. The fourth-order valence-electron chi connectivity index (χ4n) is 0.995. The fourth-order valence-corrected chi connectivity index (χ4v) is 0.995. The maximum atomic E-state index is 10.3. The highest BCUT2D eigenvalue weighted by molar-refractivity contribution is 5.85. The van der Waals surface area contributed by atoms with Crippen molar-refractivity contribution in [3.8, 4) is 0 Å². The number of nitrogens with zero attached hydrogens (tertiary/aromatic N) is 1. The summed E-state index contributed by atoms with van der Waals surface area (Å²) in [7, 11) is 0. The Bertz CT molecular complexity index is 401. The van der Waals surface area contributed by atoms with Gasteiger partial charge in [0.25, 0.3) is 5.69 Å². The molecular formula is C6H5N3O2. The van der Waals surface area contributed by atoms with E-state index in [1.807, 2.05) is 0 Å². The van der Waals surface area contributed by atoms with Gasteiger partial charge in [-0.15, -0.1) is 0 Å². The Morgan fingerprint density at radius 3 is 2.64 bits per heavy atom. The lowest BCUT2D eigenvalue weighted by Crippen LogP contribution is -1.96. The lowest BCUT2D eigenvalue weighted by molar-refractivity contribution is -0.383. The molecule has 1 aromatic carbocycles. The van der Waals surface area contributed by atoms with Crippen molar-refractivity contribution in [3.05, 3.63) is 28.3 Å². The maximum absolute atomic E-state index is 10.3. The molecule has 0 saturated carbocycles. The summed E-state index contributed by atoms with van der Waals surface area (Å²) in [6.07, 6.45) is 0. The lowest BCUT2D eigenvalue weighted by atomic mass is 10.2. The Morgan fingerprint density at radius 1 is 1.36 bits per heavy atom. The molecule has 56 valence electrons. The molecule has 0 atom stereocenters. The van der Waals surface area contributed by atoms with Gasteiger partial charge in [0.15, 0.2) is 5.52 Å². The first-order valence-electron chi connectivity index (χ1n) is 3.08. The second kappa shape index (κ2) is 1.85. The molecule has 5 nitrogen and oxygen atoms in total. The van der Waals surface area contributed by atoms with Crippen molar-refractivity contribution < 1.29 is 4.92 Å². The van der Waals surface area contributed by atoms with Crippen molar-refractivity contribution in [1.82, 2.24) is 10.2 Å². The van der Waals surface area contributed by atoms with Crippen LogP contribution in [-0.2, 0) is 0 Å². The van der Waals surface area contributed by atoms with E-state index in [0.29, 0.717) is 5.52 Å². The summed E-state index contributed by atoms with van der Waals surface area (Å²) < 4.78 is 0. The summed E-state index contributed by atoms with van der Waals surface area (Å²) in [4.78, 5) is 9.94. The summed E-state index contributed by atoms with van der Waals surface area (Å²) in [5.41, 5.74) is 1.46. The topological polar surface area (TPSA) is 74.7 Å². The predicted molar refractivity (Wildman–Crippen MR) is 39.3 cm³/mol. The quantitative estimate of drug-likeness (QED) is 0.477. The number of H-pyrrole nitrogens is 2. The third-order valence-corrected chi connectivity index (χ3v) is 1.56. The summed E-state index contributed by atoms with van der Waals surface area (Å²) >= 11 is 0. The molecule has 11 heavy (non-hydrogen) atoms. The number of rotatable bonds is 1. The van der Waals surface area contributed by atoms with Crippen LogP contribution in [0.5, 0.6) is 0 Å². The van der Waals surface area contributed by atoms with Crippen LogP contribution in [0.4, 0.5) is 5.69 Å². The average molecular weight is 151 g/mol. The van der Waals surface area contributed by atoms with E-state index in [0.717, 1.165) is 5.52 Å². The van der Waals surface area contributed by atoms with Crippen molar-refractivity contribution in [2.75, 3.05) is 0 Å². The van der Waals surface area contributed by atoms with Gasteiger partial charge in [-0.3, -0.25) is 20.3 Å². The van der Waals surface area contributed by atoms with Crippen molar-refractivity contribution in [2.45, 2.75) is 0 Å². The zero-order valence-electron chi connectivity index (χ0n) is 5.50. The zero-order chi connectivity index (χ0) is 7.84. The first-order chi connectivity index (χ1) is 5.29. The van der Waals surface area contributed by atoms with E-state index in [-0.39, 0.29) is 5.69 Å². The van der Waals surface area contributed by atoms with Crippen molar-refractivity contribution in [3.63, 3.8) is 0 Å². The highest BCUT2D eigenvalue weighted by Crippen LogP contribution is 2.22. The molecule has 0 unspecified atom stereocenters. The van der Waals surface area contributed by atoms with E-state index in [9.17, 15) is 10.1 Å². The van der Waals surface area contributed by atoms with Gasteiger partial charge in [-0.25, -0.2) is 0 Å². The number of nitro groups is 1. The van der Waals surface area contributed by atoms with Crippen molar-refractivity contribution in [1.29, 1.82) is 0 Å². The fraction of sp³-hybridized carbons (Fsp3) is 0. The van der Waals surface area contributed by atoms with Gasteiger partial charge >= 0.3 is 0 Å². The Hall–Kier alpha value is -1.78. The van der Waals surface area contributed by atoms with E-state index >= 15 is 0 Å². The normalized spacial score (nSPS) is 10.5. The molecule has 0 aliphatic carbocycles. The highest BCUT2D eigenvalue weighted by atomic mass is 16.6. The summed E-state index contributed by atoms with van der Waals surface area (Å²) in [5.74, 6) is 0. The van der Waals surface area contributed by atoms with Gasteiger partial charge in [-0.05, 0) is 6.07 Å². The Kier molecular flexibility index (Phi) is 1.00. The number of aromatic nitrogens is 2. The largest absolute Gasteiger partial charge is 0.298 e. The van der Waals surface area contributed by atoms with Gasteiger partial charge in [0.1, 0.15) is 0 Å². The molecule has 5 heteroatoms. The molecule has 2 aromatic rings. The van der Waals surface area contributed by atoms with Gasteiger partial charge in [0.2, 0.25) is 0 Å². The molecule has 0 fully saturated rings. The monoisotopic (exact) mass is 151 g/mol. The number of aromatic amines is 2. The molecule has 2 rings (SSSR count). The Balaban J connectivity index is 2.71. The minimum atomic E-state index is -0.410. The smallest absolute Gasteiger partial charge is 0.296 e. The second-order valence-electron chi connectivity index (χ2n) is 2.21. The third-order valence-electron chi connectivity index (χ3n) is 1.56. The van der Waals surface area contributed by atoms with Gasteiger partial charge < -0.3 is 0 Å². The summed E-state index contributed by atoms with van der Waals surface area (Å²) in [6.45, 7) is 0. The molecule has 0 spiro atoms. The van der Waals surface area contributed by atoms with E-state index < -0.39 is 4.92 Å². The van der Waals surface area contributed by atoms with Gasteiger partial charge in [0.05, 0.1) is 10.4 Å². The van der Waals surface area contributed by atoms with Gasteiger partial charge in [0, 0.05) is 6.07 Å². The summed E-state index contributed by atoms with van der Waals surface area (Å²) in [5, 5.41) is 15.7. The zero-order valence-corrected chi connectivity index (χ0v) is 5.50. The van der Waals surface area contributed by atoms with Crippen LogP contribution in [0.3, 0.4) is 0 Å². The van der Waals surface area contributed by atoms with Gasteiger partial charge in [-0.2, -0.15) is 0 Å². The molecular weight excluding hydrogens is 146 g/mol. The second-order valence-corrected chi connectivity index (χ2v) is 2.21. The molecule has 1 heterocycles.